The molecule has 2 aromatic heterocycles. The van der Waals surface area contributed by atoms with Crippen LogP contribution in [0, 0.1) is 0 Å². The molecule has 0 aromatic carbocycles. The Hall–Kier alpha value is -2.17. The Labute approximate surface area is 113 Å². The molecule has 2 rings (SSSR count). The van der Waals surface area contributed by atoms with Crippen molar-refractivity contribution in [1.29, 1.82) is 0 Å². The van der Waals surface area contributed by atoms with Gasteiger partial charge in [-0.3, -0.25) is 4.98 Å². The molecule has 0 unspecified atom stereocenters. The lowest BCUT2D eigenvalue weighted by molar-refractivity contribution is 0.455. The van der Waals surface area contributed by atoms with E-state index in [0.717, 1.165) is 18.2 Å². The van der Waals surface area contributed by atoms with Crippen molar-refractivity contribution < 1.29 is 4.74 Å². The second-order valence-corrected chi connectivity index (χ2v) is 4.43. The van der Waals surface area contributed by atoms with Crippen molar-refractivity contribution in [2.75, 3.05) is 11.9 Å². The predicted molar refractivity (Wildman–Crippen MR) is 74.6 cm³/mol. The fraction of sp³-hybridized carbons (Fsp3) is 0.357. The summed E-state index contributed by atoms with van der Waals surface area (Å²) >= 11 is 0. The Morgan fingerprint density at radius 2 is 2.16 bits per heavy atom. The van der Waals surface area contributed by atoms with E-state index in [1.807, 2.05) is 19.1 Å². The summed E-state index contributed by atoms with van der Waals surface area (Å²) in [6.45, 7) is 6.94. The van der Waals surface area contributed by atoms with Crippen LogP contribution < -0.4 is 10.1 Å². The third-order valence-electron chi connectivity index (χ3n) is 2.45. The van der Waals surface area contributed by atoms with E-state index in [4.69, 9.17) is 4.74 Å². The smallest absolute Gasteiger partial charge is 0.224 e. The Bertz CT molecular complexity index is 528. The summed E-state index contributed by atoms with van der Waals surface area (Å²) in [6.07, 6.45) is 3.36. The number of hydrogen-bond acceptors (Lipinski definition) is 5. The first-order chi connectivity index (χ1) is 9.19. The highest BCUT2D eigenvalue weighted by Crippen LogP contribution is 2.23. The summed E-state index contributed by atoms with van der Waals surface area (Å²) in [6, 6.07) is 5.46. The van der Waals surface area contributed by atoms with Crippen LogP contribution in [0.5, 0.6) is 11.6 Å². The fourth-order valence-corrected chi connectivity index (χ4v) is 1.55. The van der Waals surface area contributed by atoms with Gasteiger partial charge in [0.1, 0.15) is 17.4 Å². The highest BCUT2D eigenvalue weighted by Gasteiger charge is 2.09. The molecule has 0 fully saturated rings. The zero-order valence-corrected chi connectivity index (χ0v) is 11.4. The molecule has 1 N–H and O–H groups in total. The Morgan fingerprint density at radius 1 is 1.32 bits per heavy atom. The summed E-state index contributed by atoms with van der Waals surface area (Å²) < 4.78 is 5.70. The van der Waals surface area contributed by atoms with Crippen LogP contribution in [0.1, 0.15) is 32.5 Å². The molecule has 100 valence electrons. The predicted octanol–water partition coefficient (Wildman–Crippen LogP) is 3.22. The molecule has 19 heavy (non-hydrogen) atoms. The standard InChI is InChI=1S/C14H18N4O/c1-4-16-12-8-13(18-14(17-12)10(2)3)19-11-6-5-7-15-9-11/h5-10H,4H2,1-3H3,(H,16,17,18). The van der Waals surface area contributed by atoms with Gasteiger partial charge in [0.05, 0.1) is 6.20 Å². The number of nitrogens with one attached hydrogen (secondary N) is 1. The largest absolute Gasteiger partial charge is 0.437 e. The first-order valence-corrected chi connectivity index (χ1v) is 6.39. The van der Waals surface area contributed by atoms with Crippen LogP contribution in [0.2, 0.25) is 0 Å². The number of ether oxygens (including phenoxy) is 1. The molecule has 0 amide bonds. The van der Waals surface area contributed by atoms with Gasteiger partial charge in [-0.05, 0) is 19.1 Å². The van der Waals surface area contributed by atoms with Crippen LogP contribution in [0.25, 0.3) is 0 Å². The molecular formula is C14H18N4O. The molecule has 0 saturated heterocycles. The van der Waals surface area contributed by atoms with E-state index < -0.39 is 0 Å². The van der Waals surface area contributed by atoms with E-state index in [0.29, 0.717) is 11.6 Å². The van der Waals surface area contributed by atoms with Crippen LogP contribution in [0.15, 0.2) is 30.6 Å². The van der Waals surface area contributed by atoms with Gasteiger partial charge in [-0.15, -0.1) is 0 Å². The first kappa shape index (κ1) is 13.3. The molecule has 5 nitrogen and oxygen atoms in total. The molecule has 0 aliphatic carbocycles. The summed E-state index contributed by atoms with van der Waals surface area (Å²) in [5.74, 6) is 2.98. The Kier molecular flexibility index (Phi) is 4.28. The van der Waals surface area contributed by atoms with Crippen molar-refractivity contribution in [2.45, 2.75) is 26.7 Å². The van der Waals surface area contributed by atoms with E-state index in [1.54, 1.807) is 18.5 Å². The molecule has 0 aliphatic heterocycles. The normalized spacial score (nSPS) is 10.5. The second-order valence-electron chi connectivity index (χ2n) is 4.43. The van der Waals surface area contributed by atoms with E-state index in [2.05, 4.69) is 34.1 Å². The monoisotopic (exact) mass is 258 g/mol. The van der Waals surface area contributed by atoms with Crippen LogP contribution in [-0.4, -0.2) is 21.5 Å². The van der Waals surface area contributed by atoms with Crippen LogP contribution in [0.4, 0.5) is 5.82 Å². The summed E-state index contributed by atoms with van der Waals surface area (Å²) in [4.78, 5) is 12.9. The SMILES string of the molecule is CCNc1cc(Oc2cccnc2)nc(C(C)C)n1. The van der Waals surface area contributed by atoms with Gasteiger partial charge in [-0.25, -0.2) is 4.98 Å². The number of rotatable bonds is 5. The van der Waals surface area contributed by atoms with Crippen molar-refractivity contribution in [3.05, 3.63) is 36.4 Å². The van der Waals surface area contributed by atoms with Crippen LogP contribution in [0.3, 0.4) is 0 Å². The lowest BCUT2D eigenvalue weighted by atomic mass is 10.2. The molecule has 0 aliphatic rings. The van der Waals surface area contributed by atoms with Gasteiger partial charge in [0.2, 0.25) is 5.88 Å². The van der Waals surface area contributed by atoms with E-state index in [9.17, 15) is 0 Å². The van der Waals surface area contributed by atoms with Gasteiger partial charge >= 0.3 is 0 Å². The molecule has 2 heterocycles. The van der Waals surface area contributed by atoms with E-state index in [-0.39, 0.29) is 5.92 Å². The molecule has 2 aromatic rings. The maximum Gasteiger partial charge on any atom is 0.224 e. The van der Waals surface area contributed by atoms with Gasteiger partial charge in [0.25, 0.3) is 0 Å². The highest BCUT2D eigenvalue weighted by atomic mass is 16.5. The van der Waals surface area contributed by atoms with Gasteiger partial charge in [0, 0.05) is 24.7 Å². The zero-order valence-electron chi connectivity index (χ0n) is 11.4. The third kappa shape index (κ3) is 3.64. The van der Waals surface area contributed by atoms with Crippen LogP contribution >= 0.6 is 0 Å². The van der Waals surface area contributed by atoms with Crippen molar-refractivity contribution in [3.63, 3.8) is 0 Å². The Balaban J connectivity index is 2.28. The summed E-state index contributed by atoms with van der Waals surface area (Å²) in [7, 11) is 0. The number of aromatic nitrogens is 3. The molecule has 0 radical (unpaired) electrons. The molecule has 0 bridgehead atoms. The van der Waals surface area contributed by atoms with Gasteiger partial charge in [-0.1, -0.05) is 13.8 Å². The molecule has 0 spiro atoms. The molecule has 0 atom stereocenters. The zero-order chi connectivity index (χ0) is 13.7. The fourth-order valence-electron chi connectivity index (χ4n) is 1.55. The van der Waals surface area contributed by atoms with Crippen molar-refractivity contribution >= 4 is 5.82 Å². The minimum atomic E-state index is 0.245. The number of pyridine rings is 1. The Morgan fingerprint density at radius 3 is 2.79 bits per heavy atom. The number of anilines is 1. The average molecular weight is 258 g/mol. The van der Waals surface area contributed by atoms with Gasteiger partial charge in [-0.2, -0.15) is 4.98 Å². The van der Waals surface area contributed by atoms with E-state index in [1.165, 1.54) is 0 Å². The maximum atomic E-state index is 5.70. The second kappa shape index (κ2) is 6.13. The average Bonchev–Trinajstić information content (AvgIpc) is 2.40. The highest BCUT2D eigenvalue weighted by molar-refractivity contribution is 5.40. The topological polar surface area (TPSA) is 59.9 Å². The van der Waals surface area contributed by atoms with E-state index >= 15 is 0 Å². The quantitative estimate of drug-likeness (QED) is 0.892. The molecule has 0 saturated carbocycles. The van der Waals surface area contributed by atoms with Gasteiger partial charge < -0.3 is 10.1 Å². The van der Waals surface area contributed by atoms with Gasteiger partial charge in [0.15, 0.2) is 0 Å². The van der Waals surface area contributed by atoms with Crippen molar-refractivity contribution in [2.24, 2.45) is 0 Å². The minimum absolute atomic E-state index is 0.245. The lowest BCUT2D eigenvalue weighted by Crippen LogP contribution is -2.05. The summed E-state index contributed by atoms with van der Waals surface area (Å²) in [5, 5.41) is 3.18. The minimum Gasteiger partial charge on any atom is -0.437 e. The maximum absolute atomic E-state index is 5.70. The molecular weight excluding hydrogens is 240 g/mol. The number of nitrogens with zero attached hydrogens (tertiary/aromatic N) is 3. The first-order valence-electron chi connectivity index (χ1n) is 6.39. The van der Waals surface area contributed by atoms with Crippen LogP contribution in [-0.2, 0) is 0 Å². The lowest BCUT2D eigenvalue weighted by Gasteiger charge is -2.11. The third-order valence-corrected chi connectivity index (χ3v) is 2.45. The van der Waals surface area contributed by atoms with Crippen molar-refractivity contribution in [3.8, 4) is 11.6 Å². The molecule has 5 heteroatoms. The summed E-state index contributed by atoms with van der Waals surface area (Å²) in [5.41, 5.74) is 0. The number of hydrogen-bond donors (Lipinski definition) is 1. The van der Waals surface area contributed by atoms with Crippen molar-refractivity contribution in [1.82, 2.24) is 15.0 Å².